The summed E-state index contributed by atoms with van der Waals surface area (Å²) in [7, 11) is 0. The molecule has 1 aliphatic heterocycles. The molecule has 0 aromatic rings. The van der Waals surface area contributed by atoms with E-state index in [4.69, 9.17) is 4.74 Å². The molecule has 0 N–H and O–H groups in total. The molecule has 0 bridgehead atoms. The van der Waals surface area contributed by atoms with Crippen molar-refractivity contribution in [1.82, 2.24) is 4.90 Å². The molecule has 0 aromatic carbocycles. The first-order valence-electron chi connectivity index (χ1n) is 6.05. The normalized spacial score (nSPS) is 17.9. The molecule has 110 valence electrons. The molecule has 0 saturated carbocycles. The molecule has 1 aliphatic rings. The van der Waals surface area contributed by atoms with Crippen molar-refractivity contribution in [2.75, 3.05) is 19.7 Å². The predicted molar refractivity (Wildman–Crippen MR) is 62.9 cm³/mol. The summed E-state index contributed by atoms with van der Waals surface area (Å²) < 4.78 is 35.7. The zero-order valence-corrected chi connectivity index (χ0v) is 11.5. The molecule has 0 aliphatic carbocycles. The van der Waals surface area contributed by atoms with Crippen LogP contribution in [0.3, 0.4) is 0 Å². The third-order valence-electron chi connectivity index (χ3n) is 2.70. The van der Waals surface area contributed by atoms with Crippen molar-refractivity contribution in [2.45, 2.75) is 39.7 Å². The number of hydrogen-bond donors (Lipinski definition) is 0. The Kier molecular flexibility index (Phi) is 4.37. The van der Waals surface area contributed by atoms with Crippen LogP contribution in [0.25, 0.3) is 0 Å². The number of halogens is 2. The maximum absolute atomic E-state index is 13.0. The number of carbonyl (C=O) groups excluding carboxylic acids is 2. The molecule has 0 radical (unpaired) electrons. The summed E-state index contributed by atoms with van der Waals surface area (Å²) in [5.41, 5.74) is -2.61. The van der Waals surface area contributed by atoms with Crippen molar-refractivity contribution in [3.8, 4) is 0 Å². The quantitative estimate of drug-likeness (QED) is 0.742. The Morgan fingerprint density at radius 1 is 1.32 bits per heavy atom. The Morgan fingerprint density at radius 3 is 2.21 bits per heavy atom. The third kappa shape index (κ3) is 3.33. The summed E-state index contributed by atoms with van der Waals surface area (Å²) in [6.07, 6.45) is -3.57. The molecule has 1 heterocycles. The second kappa shape index (κ2) is 5.30. The van der Waals surface area contributed by atoms with Crippen molar-refractivity contribution in [1.29, 1.82) is 0 Å². The van der Waals surface area contributed by atoms with E-state index < -0.39 is 29.5 Å². The lowest BCUT2D eigenvalue weighted by molar-refractivity contribution is -0.183. The largest absolute Gasteiger partial charge is 0.465 e. The fourth-order valence-corrected chi connectivity index (χ4v) is 1.72. The predicted octanol–water partition coefficient (Wildman–Crippen LogP) is 2.05. The number of likely N-dealkylation sites (tertiary alicyclic amines) is 1. The number of ether oxygens (including phenoxy) is 2. The van der Waals surface area contributed by atoms with Gasteiger partial charge in [0.15, 0.2) is 5.41 Å². The molecule has 0 atom stereocenters. The minimum absolute atomic E-state index is 0.0275. The molecular formula is C12H19F2NO4. The van der Waals surface area contributed by atoms with Gasteiger partial charge < -0.3 is 14.4 Å². The molecule has 1 fully saturated rings. The third-order valence-corrected chi connectivity index (χ3v) is 2.70. The van der Waals surface area contributed by atoms with E-state index in [0.717, 1.165) is 4.90 Å². The number of rotatable bonds is 3. The van der Waals surface area contributed by atoms with E-state index in [-0.39, 0.29) is 19.7 Å². The number of nitrogens with zero attached hydrogens (tertiary/aromatic N) is 1. The SMILES string of the molecule is CCOC(=O)C1(C(F)F)CN(C(=O)OC(C)(C)C)C1. The average Bonchev–Trinajstić information content (AvgIpc) is 2.12. The van der Waals surface area contributed by atoms with Crippen molar-refractivity contribution >= 4 is 12.1 Å². The number of alkyl halides is 2. The van der Waals surface area contributed by atoms with E-state index in [1.807, 2.05) is 0 Å². The molecule has 0 spiro atoms. The topological polar surface area (TPSA) is 55.8 Å². The van der Waals surface area contributed by atoms with Gasteiger partial charge in [-0.3, -0.25) is 4.79 Å². The second-order valence-corrected chi connectivity index (χ2v) is 5.51. The highest BCUT2D eigenvalue weighted by molar-refractivity contribution is 5.82. The average molecular weight is 279 g/mol. The van der Waals surface area contributed by atoms with Crippen LogP contribution in [0.15, 0.2) is 0 Å². The van der Waals surface area contributed by atoms with Gasteiger partial charge in [0.1, 0.15) is 5.60 Å². The van der Waals surface area contributed by atoms with Gasteiger partial charge in [0.25, 0.3) is 6.43 Å². The first-order valence-corrected chi connectivity index (χ1v) is 6.05. The van der Waals surface area contributed by atoms with Crippen LogP contribution in [0.2, 0.25) is 0 Å². The van der Waals surface area contributed by atoms with Crippen LogP contribution >= 0.6 is 0 Å². The summed E-state index contributed by atoms with van der Waals surface area (Å²) in [4.78, 5) is 24.3. The standard InChI is InChI=1S/C12H19F2NO4/c1-5-18-9(16)12(8(13)14)6-15(7-12)10(17)19-11(2,3)4/h8H,5-7H2,1-4H3. The molecule has 0 unspecified atom stereocenters. The van der Waals surface area contributed by atoms with Gasteiger partial charge in [0, 0.05) is 13.1 Å². The molecular weight excluding hydrogens is 260 g/mol. The summed E-state index contributed by atoms with van der Waals surface area (Å²) in [6.45, 7) is 5.85. The Morgan fingerprint density at radius 2 is 1.84 bits per heavy atom. The van der Waals surface area contributed by atoms with Gasteiger partial charge in [-0.05, 0) is 27.7 Å². The van der Waals surface area contributed by atoms with Gasteiger partial charge in [-0.25, -0.2) is 13.6 Å². The molecule has 1 amide bonds. The summed E-state index contributed by atoms with van der Waals surface area (Å²) in [5, 5.41) is 0. The van der Waals surface area contributed by atoms with Crippen LogP contribution in [-0.2, 0) is 14.3 Å². The Labute approximate surface area is 110 Å². The Hall–Kier alpha value is -1.40. The van der Waals surface area contributed by atoms with Gasteiger partial charge in [-0.2, -0.15) is 0 Å². The smallest absolute Gasteiger partial charge is 0.410 e. The second-order valence-electron chi connectivity index (χ2n) is 5.51. The summed E-state index contributed by atoms with van der Waals surface area (Å²) in [5.74, 6) is -0.968. The zero-order chi connectivity index (χ0) is 14.8. The zero-order valence-electron chi connectivity index (χ0n) is 11.5. The maximum atomic E-state index is 13.0. The van der Waals surface area contributed by atoms with Crippen molar-refractivity contribution in [2.24, 2.45) is 5.41 Å². The lowest BCUT2D eigenvalue weighted by Gasteiger charge is -2.46. The van der Waals surface area contributed by atoms with E-state index in [2.05, 4.69) is 4.74 Å². The highest BCUT2D eigenvalue weighted by Gasteiger charge is 2.59. The molecule has 1 rings (SSSR count). The Balaban J connectivity index is 2.65. The van der Waals surface area contributed by atoms with Crippen molar-refractivity contribution < 1.29 is 27.8 Å². The van der Waals surface area contributed by atoms with E-state index in [9.17, 15) is 18.4 Å². The van der Waals surface area contributed by atoms with Gasteiger partial charge in [-0.1, -0.05) is 0 Å². The monoisotopic (exact) mass is 279 g/mol. The first-order chi connectivity index (χ1) is 8.62. The minimum atomic E-state index is -2.87. The van der Waals surface area contributed by atoms with Crippen LogP contribution in [-0.4, -0.2) is 48.7 Å². The number of esters is 1. The molecule has 19 heavy (non-hydrogen) atoms. The van der Waals surface area contributed by atoms with Gasteiger partial charge >= 0.3 is 12.1 Å². The number of hydrogen-bond acceptors (Lipinski definition) is 4. The minimum Gasteiger partial charge on any atom is -0.465 e. The van der Waals surface area contributed by atoms with E-state index in [1.165, 1.54) is 0 Å². The maximum Gasteiger partial charge on any atom is 0.410 e. The summed E-state index contributed by atoms with van der Waals surface area (Å²) in [6, 6.07) is 0. The number of carbonyl (C=O) groups is 2. The van der Waals surface area contributed by atoms with Crippen LogP contribution in [0, 0.1) is 5.41 Å². The van der Waals surface area contributed by atoms with Gasteiger partial charge in [0.05, 0.1) is 6.61 Å². The molecule has 0 aromatic heterocycles. The Bertz CT molecular complexity index is 359. The van der Waals surface area contributed by atoms with Crippen LogP contribution in [0.4, 0.5) is 13.6 Å². The first kappa shape index (κ1) is 15.7. The fraction of sp³-hybridized carbons (Fsp3) is 0.833. The van der Waals surface area contributed by atoms with Crippen LogP contribution in [0.1, 0.15) is 27.7 Å². The van der Waals surface area contributed by atoms with Crippen molar-refractivity contribution in [3.05, 3.63) is 0 Å². The molecule has 1 saturated heterocycles. The van der Waals surface area contributed by atoms with E-state index >= 15 is 0 Å². The highest BCUT2D eigenvalue weighted by Crippen LogP contribution is 2.38. The van der Waals surface area contributed by atoms with Crippen LogP contribution < -0.4 is 0 Å². The molecule has 5 nitrogen and oxygen atoms in total. The highest BCUT2D eigenvalue weighted by atomic mass is 19.3. The molecule has 7 heteroatoms. The fourth-order valence-electron chi connectivity index (χ4n) is 1.72. The van der Waals surface area contributed by atoms with Crippen LogP contribution in [0.5, 0.6) is 0 Å². The summed E-state index contributed by atoms with van der Waals surface area (Å²) >= 11 is 0. The van der Waals surface area contributed by atoms with Gasteiger partial charge in [0.2, 0.25) is 0 Å². The van der Waals surface area contributed by atoms with Gasteiger partial charge in [-0.15, -0.1) is 0 Å². The lowest BCUT2D eigenvalue weighted by atomic mass is 9.80. The van der Waals surface area contributed by atoms with Crippen molar-refractivity contribution in [3.63, 3.8) is 0 Å². The van der Waals surface area contributed by atoms with E-state index in [0.29, 0.717) is 0 Å². The van der Waals surface area contributed by atoms with E-state index in [1.54, 1.807) is 27.7 Å². The number of amides is 1. The lowest BCUT2D eigenvalue weighted by Crippen LogP contribution is -2.66.